The Morgan fingerprint density at radius 1 is 1.13 bits per heavy atom. The number of nitrogens with zero attached hydrogens (tertiary/aromatic N) is 4. The number of rotatable bonds is 4. The summed E-state index contributed by atoms with van der Waals surface area (Å²) in [7, 11) is 0. The first kappa shape index (κ1) is 16.2. The van der Waals surface area contributed by atoms with E-state index in [1.165, 1.54) is 45.3 Å². The smallest absolute Gasteiger partial charge is 0.311 e. The number of aromatic nitrogens is 1. The molecule has 0 unspecified atom stereocenters. The van der Waals surface area contributed by atoms with Crippen molar-refractivity contribution in [3.63, 3.8) is 0 Å². The summed E-state index contributed by atoms with van der Waals surface area (Å²) in [6.07, 6.45) is 9.26. The molecule has 1 aromatic heterocycles. The lowest BCUT2D eigenvalue weighted by Gasteiger charge is -2.35. The summed E-state index contributed by atoms with van der Waals surface area (Å²) in [6.45, 7) is 5.42. The van der Waals surface area contributed by atoms with Crippen molar-refractivity contribution in [1.29, 1.82) is 0 Å². The second kappa shape index (κ2) is 7.73. The lowest BCUT2D eigenvalue weighted by molar-refractivity contribution is -0.384. The summed E-state index contributed by atoms with van der Waals surface area (Å²) >= 11 is 0. The van der Waals surface area contributed by atoms with Crippen LogP contribution in [0.3, 0.4) is 0 Å². The number of piperidine rings is 1. The monoisotopic (exact) mass is 318 g/mol. The van der Waals surface area contributed by atoms with Gasteiger partial charge < -0.3 is 9.80 Å². The van der Waals surface area contributed by atoms with Crippen LogP contribution >= 0.6 is 0 Å². The van der Waals surface area contributed by atoms with E-state index < -0.39 is 0 Å². The molecule has 0 aliphatic carbocycles. The van der Waals surface area contributed by atoms with Crippen LogP contribution in [0.15, 0.2) is 18.3 Å². The average Bonchev–Trinajstić information content (AvgIpc) is 2.84. The van der Waals surface area contributed by atoms with Crippen LogP contribution in [-0.2, 0) is 0 Å². The molecular formula is C17H26N4O2. The fourth-order valence-electron chi connectivity index (χ4n) is 3.79. The Morgan fingerprint density at radius 2 is 1.83 bits per heavy atom. The van der Waals surface area contributed by atoms with Gasteiger partial charge in [0.05, 0.1) is 4.92 Å². The Bertz CT molecular complexity index is 521. The predicted molar refractivity (Wildman–Crippen MR) is 90.7 cm³/mol. The van der Waals surface area contributed by atoms with Crippen molar-refractivity contribution < 1.29 is 4.92 Å². The Morgan fingerprint density at radius 3 is 2.48 bits per heavy atom. The van der Waals surface area contributed by atoms with Crippen LogP contribution in [0.1, 0.15) is 38.5 Å². The quantitative estimate of drug-likeness (QED) is 0.630. The topological polar surface area (TPSA) is 62.5 Å². The van der Waals surface area contributed by atoms with Crippen molar-refractivity contribution in [2.45, 2.75) is 38.5 Å². The minimum Gasteiger partial charge on any atom is -0.351 e. The van der Waals surface area contributed by atoms with Crippen LogP contribution in [-0.4, -0.2) is 47.5 Å². The summed E-state index contributed by atoms with van der Waals surface area (Å²) < 4.78 is 0. The summed E-state index contributed by atoms with van der Waals surface area (Å²) in [6, 6.07) is 3.18. The van der Waals surface area contributed by atoms with Gasteiger partial charge in [-0.2, -0.15) is 0 Å². The summed E-state index contributed by atoms with van der Waals surface area (Å²) in [5, 5.41) is 11.2. The standard InChI is InChI=1S/C17H26N4O2/c22-21(23)16-6-5-9-18-17(16)20-12-7-15(8-13-20)14-19-10-3-1-2-4-11-19/h5-6,9,15H,1-4,7-8,10-14H2. The average molecular weight is 318 g/mol. The van der Waals surface area contributed by atoms with Gasteiger partial charge in [0.25, 0.3) is 0 Å². The summed E-state index contributed by atoms with van der Waals surface area (Å²) in [4.78, 5) is 19.8. The van der Waals surface area contributed by atoms with E-state index in [2.05, 4.69) is 14.8 Å². The van der Waals surface area contributed by atoms with Gasteiger partial charge >= 0.3 is 5.69 Å². The molecule has 6 nitrogen and oxygen atoms in total. The molecule has 2 aliphatic heterocycles. The van der Waals surface area contributed by atoms with Crippen LogP contribution in [0.4, 0.5) is 11.5 Å². The molecule has 0 amide bonds. The van der Waals surface area contributed by atoms with E-state index in [0.717, 1.165) is 25.9 Å². The SMILES string of the molecule is O=[N+]([O-])c1cccnc1N1CCC(CN2CCCCCC2)CC1. The number of likely N-dealkylation sites (tertiary alicyclic amines) is 1. The molecule has 2 saturated heterocycles. The highest BCUT2D eigenvalue weighted by atomic mass is 16.6. The minimum atomic E-state index is -0.328. The van der Waals surface area contributed by atoms with Gasteiger partial charge in [0.15, 0.2) is 0 Å². The minimum absolute atomic E-state index is 0.124. The van der Waals surface area contributed by atoms with Crippen LogP contribution in [0.2, 0.25) is 0 Å². The third-order valence-corrected chi connectivity index (χ3v) is 5.09. The number of nitro groups is 1. The lowest BCUT2D eigenvalue weighted by Crippen LogP contribution is -2.39. The molecule has 126 valence electrons. The van der Waals surface area contributed by atoms with Crippen LogP contribution in [0.25, 0.3) is 0 Å². The second-order valence-corrected chi connectivity index (χ2v) is 6.75. The van der Waals surface area contributed by atoms with Gasteiger partial charge in [0, 0.05) is 31.9 Å². The molecule has 3 rings (SSSR count). The zero-order chi connectivity index (χ0) is 16.1. The maximum absolute atomic E-state index is 11.2. The van der Waals surface area contributed by atoms with E-state index in [0.29, 0.717) is 11.7 Å². The zero-order valence-electron chi connectivity index (χ0n) is 13.7. The molecule has 6 heteroatoms. The summed E-state index contributed by atoms with van der Waals surface area (Å²) in [5.41, 5.74) is 0.124. The maximum Gasteiger partial charge on any atom is 0.311 e. The first-order valence-electron chi connectivity index (χ1n) is 8.81. The van der Waals surface area contributed by atoms with Crippen LogP contribution in [0.5, 0.6) is 0 Å². The van der Waals surface area contributed by atoms with Gasteiger partial charge in [-0.25, -0.2) is 4.98 Å². The van der Waals surface area contributed by atoms with Gasteiger partial charge in [0.2, 0.25) is 5.82 Å². The highest BCUT2D eigenvalue weighted by molar-refractivity contribution is 5.57. The molecule has 23 heavy (non-hydrogen) atoms. The van der Waals surface area contributed by atoms with E-state index in [4.69, 9.17) is 0 Å². The molecule has 2 fully saturated rings. The third-order valence-electron chi connectivity index (χ3n) is 5.09. The largest absolute Gasteiger partial charge is 0.351 e. The van der Waals surface area contributed by atoms with Crippen LogP contribution < -0.4 is 4.90 Å². The van der Waals surface area contributed by atoms with Crippen molar-refractivity contribution in [1.82, 2.24) is 9.88 Å². The Balaban J connectivity index is 1.55. The molecule has 0 N–H and O–H groups in total. The Hall–Kier alpha value is -1.69. The molecule has 1 aromatic rings. The molecule has 0 spiro atoms. The van der Waals surface area contributed by atoms with E-state index in [-0.39, 0.29) is 10.6 Å². The van der Waals surface area contributed by atoms with E-state index in [9.17, 15) is 10.1 Å². The predicted octanol–water partition coefficient (Wildman–Crippen LogP) is 3.08. The van der Waals surface area contributed by atoms with E-state index >= 15 is 0 Å². The molecular weight excluding hydrogens is 292 g/mol. The normalized spacial score (nSPS) is 21.1. The van der Waals surface area contributed by atoms with Gasteiger partial charge in [0.1, 0.15) is 0 Å². The highest BCUT2D eigenvalue weighted by Crippen LogP contribution is 2.29. The van der Waals surface area contributed by atoms with Crippen LogP contribution in [0, 0.1) is 16.0 Å². The van der Waals surface area contributed by atoms with Crippen molar-refractivity contribution in [2.24, 2.45) is 5.92 Å². The maximum atomic E-state index is 11.2. The fraction of sp³-hybridized carbons (Fsp3) is 0.706. The Kier molecular flexibility index (Phi) is 5.43. The molecule has 0 saturated carbocycles. The van der Waals surface area contributed by atoms with E-state index in [1.54, 1.807) is 18.3 Å². The van der Waals surface area contributed by atoms with Gasteiger partial charge in [-0.05, 0) is 50.8 Å². The van der Waals surface area contributed by atoms with Gasteiger partial charge in [-0.1, -0.05) is 12.8 Å². The summed E-state index contributed by atoms with van der Waals surface area (Å²) in [5.74, 6) is 1.25. The molecule has 0 atom stereocenters. The van der Waals surface area contributed by atoms with Crippen molar-refractivity contribution >= 4 is 11.5 Å². The molecule has 0 aromatic carbocycles. The van der Waals surface area contributed by atoms with Gasteiger partial charge in [-0.3, -0.25) is 10.1 Å². The molecule has 3 heterocycles. The molecule has 0 radical (unpaired) electrons. The number of anilines is 1. The first-order chi connectivity index (χ1) is 11.2. The highest BCUT2D eigenvalue weighted by Gasteiger charge is 2.26. The number of hydrogen-bond donors (Lipinski definition) is 0. The van der Waals surface area contributed by atoms with Gasteiger partial charge in [-0.15, -0.1) is 0 Å². The number of pyridine rings is 1. The second-order valence-electron chi connectivity index (χ2n) is 6.75. The van der Waals surface area contributed by atoms with Crippen molar-refractivity contribution in [3.8, 4) is 0 Å². The molecule has 2 aliphatic rings. The van der Waals surface area contributed by atoms with E-state index in [1.807, 2.05) is 0 Å². The molecule has 0 bridgehead atoms. The van der Waals surface area contributed by atoms with Crippen molar-refractivity contribution in [3.05, 3.63) is 28.4 Å². The zero-order valence-corrected chi connectivity index (χ0v) is 13.7. The fourth-order valence-corrected chi connectivity index (χ4v) is 3.79. The lowest BCUT2D eigenvalue weighted by atomic mass is 9.96. The first-order valence-corrected chi connectivity index (χ1v) is 8.81. The van der Waals surface area contributed by atoms with Crippen molar-refractivity contribution in [2.75, 3.05) is 37.6 Å². The number of hydrogen-bond acceptors (Lipinski definition) is 5. The Labute approximate surface area is 137 Å². The third kappa shape index (κ3) is 4.19.